The molecule has 0 aromatic rings. The van der Waals surface area contributed by atoms with Gasteiger partial charge in [0.05, 0.1) is 0 Å². The van der Waals surface area contributed by atoms with E-state index in [1.54, 1.807) is 0 Å². The summed E-state index contributed by atoms with van der Waals surface area (Å²) in [7, 11) is 4.26. The molecule has 1 atom stereocenters. The Bertz CT molecular complexity index is 247. The molecule has 0 amide bonds. The number of likely N-dealkylation sites (tertiary alicyclic amines) is 1. The fourth-order valence-electron chi connectivity index (χ4n) is 2.45. The maximum absolute atomic E-state index is 8.61. The minimum Gasteiger partial charge on any atom is -0.409 e. The number of nitrogens with zero attached hydrogens (tertiary/aromatic N) is 3. The Balaban J connectivity index is 2.27. The fraction of sp³-hybridized carbons (Fsp3) is 0.917. The molecule has 0 spiro atoms. The van der Waals surface area contributed by atoms with Crippen LogP contribution >= 0.6 is 0 Å². The molecule has 1 saturated heterocycles. The van der Waals surface area contributed by atoms with Gasteiger partial charge in [-0.25, -0.2) is 0 Å². The lowest BCUT2D eigenvalue weighted by Gasteiger charge is -2.34. The molecular formula is C12H26N4O. The smallest absolute Gasteiger partial charge is 0.143 e. The van der Waals surface area contributed by atoms with Gasteiger partial charge in [0.15, 0.2) is 0 Å². The first kappa shape index (κ1) is 14.3. The Kier molecular flexibility index (Phi) is 5.71. The van der Waals surface area contributed by atoms with Crippen LogP contribution in [0.3, 0.4) is 0 Å². The van der Waals surface area contributed by atoms with Gasteiger partial charge in [0, 0.05) is 19.0 Å². The summed E-state index contributed by atoms with van der Waals surface area (Å²) in [6, 6.07) is 0. The summed E-state index contributed by atoms with van der Waals surface area (Å²) in [6.07, 6.45) is 2.50. The molecule has 0 aromatic heterocycles. The summed E-state index contributed by atoms with van der Waals surface area (Å²) in [6.45, 7) is 6.33. The number of hydrogen-bond acceptors (Lipinski definition) is 4. The van der Waals surface area contributed by atoms with Crippen LogP contribution in [0.5, 0.6) is 0 Å². The van der Waals surface area contributed by atoms with Gasteiger partial charge in [-0.15, -0.1) is 0 Å². The van der Waals surface area contributed by atoms with Gasteiger partial charge in [-0.3, -0.25) is 0 Å². The molecule has 0 saturated carbocycles. The van der Waals surface area contributed by atoms with Gasteiger partial charge in [0.2, 0.25) is 0 Å². The SMILES string of the molecule is CC(CN1CCC(CN(C)C)CC1)C(N)=NO. The van der Waals surface area contributed by atoms with E-state index < -0.39 is 0 Å². The fourth-order valence-corrected chi connectivity index (χ4v) is 2.45. The van der Waals surface area contributed by atoms with E-state index in [-0.39, 0.29) is 5.92 Å². The van der Waals surface area contributed by atoms with Crippen molar-refractivity contribution in [3.63, 3.8) is 0 Å². The third-order valence-corrected chi connectivity index (χ3v) is 3.48. The van der Waals surface area contributed by atoms with Crippen molar-refractivity contribution in [2.75, 3.05) is 40.3 Å². The third kappa shape index (κ3) is 4.91. The molecule has 0 aliphatic carbocycles. The Morgan fingerprint density at radius 1 is 1.47 bits per heavy atom. The molecule has 0 bridgehead atoms. The van der Waals surface area contributed by atoms with Crippen LogP contribution in [0.25, 0.3) is 0 Å². The molecule has 0 aromatic carbocycles. The molecule has 0 radical (unpaired) electrons. The molecule has 1 rings (SSSR count). The van der Waals surface area contributed by atoms with Crippen LogP contribution in [0.4, 0.5) is 0 Å². The molecule has 3 N–H and O–H groups in total. The van der Waals surface area contributed by atoms with Gasteiger partial charge in [0.25, 0.3) is 0 Å². The van der Waals surface area contributed by atoms with Crippen molar-refractivity contribution in [1.82, 2.24) is 9.80 Å². The van der Waals surface area contributed by atoms with Crippen LogP contribution in [0.15, 0.2) is 5.16 Å². The molecule has 5 heteroatoms. The van der Waals surface area contributed by atoms with Crippen LogP contribution < -0.4 is 5.73 Å². The minimum absolute atomic E-state index is 0.130. The minimum atomic E-state index is 0.130. The lowest BCUT2D eigenvalue weighted by atomic mass is 9.95. The summed E-state index contributed by atoms with van der Waals surface area (Å²) in [5, 5.41) is 11.7. The average Bonchev–Trinajstić information content (AvgIpc) is 2.30. The number of nitrogens with two attached hydrogens (primary N) is 1. The van der Waals surface area contributed by atoms with Crippen LogP contribution in [0, 0.1) is 11.8 Å². The summed E-state index contributed by atoms with van der Waals surface area (Å²) in [5.41, 5.74) is 5.59. The zero-order valence-corrected chi connectivity index (χ0v) is 11.3. The molecule has 1 heterocycles. The molecule has 100 valence electrons. The lowest BCUT2D eigenvalue weighted by Crippen LogP contribution is -2.41. The first-order valence-electron chi connectivity index (χ1n) is 6.37. The first-order valence-corrected chi connectivity index (χ1v) is 6.37. The maximum Gasteiger partial charge on any atom is 0.143 e. The van der Waals surface area contributed by atoms with Crippen molar-refractivity contribution in [3.8, 4) is 0 Å². The van der Waals surface area contributed by atoms with Crippen LogP contribution in [-0.4, -0.2) is 61.1 Å². The van der Waals surface area contributed by atoms with Crippen molar-refractivity contribution < 1.29 is 5.21 Å². The van der Waals surface area contributed by atoms with Crippen LogP contribution in [0.2, 0.25) is 0 Å². The van der Waals surface area contributed by atoms with Crippen molar-refractivity contribution in [1.29, 1.82) is 0 Å². The van der Waals surface area contributed by atoms with Crippen molar-refractivity contribution in [3.05, 3.63) is 0 Å². The Morgan fingerprint density at radius 2 is 2.06 bits per heavy atom. The number of oxime groups is 1. The standard InChI is InChI=1S/C12H26N4O/c1-10(12(13)14-17)8-16-6-4-11(5-7-16)9-15(2)3/h10-11,17H,4-9H2,1-3H3,(H2,13,14). The van der Waals surface area contributed by atoms with E-state index in [1.807, 2.05) is 6.92 Å². The van der Waals surface area contributed by atoms with E-state index in [0.717, 1.165) is 25.6 Å². The monoisotopic (exact) mass is 242 g/mol. The number of hydrogen-bond donors (Lipinski definition) is 2. The average molecular weight is 242 g/mol. The van der Waals surface area contributed by atoms with Crippen molar-refractivity contribution in [2.45, 2.75) is 19.8 Å². The predicted molar refractivity (Wildman–Crippen MR) is 70.3 cm³/mol. The second kappa shape index (κ2) is 6.81. The quantitative estimate of drug-likeness (QED) is 0.321. The van der Waals surface area contributed by atoms with Gasteiger partial charge in [0.1, 0.15) is 5.84 Å². The second-order valence-electron chi connectivity index (χ2n) is 5.43. The van der Waals surface area contributed by atoms with E-state index >= 15 is 0 Å². The molecule has 17 heavy (non-hydrogen) atoms. The van der Waals surface area contributed by atoms with Gasteiger partial charge in [-0.05, 0) is 45.9 Å². The number of piperidine rings is 1. The zero-order chi connectivity index (χ0) is 12.8. The third-order valence-electron chi connectivity index (χ3n) is 3.48. The Hall–Kier alpha value is -0.810. The lowest BCUT2D eigenvalue weighted by molar-refractivity contribution is 0.155. The zero-order valence-electron chi connectivity index (χ0n) is 11.3. The van der Waals surface area contributed by atoms with E-state index in [4.69, 9.17) is 10.9 Å². The summed E-state index contributed by atoms with van der Waals surface area (Å²) >= 11 is 0. The van der Waals surface area contributed by atoms with Crippen LogP contribution in [0.1, 0.15) is 19.8 Å². The molecular weight excluding hydrogens is 216 g/mol. The highest BCUT2D eigenvalue weighted by molar-refractivity contribution is 5.82. The Labute approximate surface area is 104 Å². The first-order chi connectivity index (χ1) is 8.02. The highest BCUT2D eigenvalue weighted by atomic mass is 16.4. The predicted octanol–water partition coefficient (Wildman–Crippen LogP) is 0.643. The second-order valence-corrected chi connectivity index (χ2v) is 5.43. The number of rotatable bonds is 5. The number of amidine groups is 1. The Morgan fingerprint density at radius 3 is 2.53 bits per heavy atom. The maximum atomic E-state index is 8.61. The van der Waals surface area contributed by atoms with Gasteiger partial charge in [-0.2, -0.15) is 0 Å². The van der Waals surface area contributed by atoms with Crippen molar-refractivity contribution in [2.24, 2.45) is 22.7 Å². The van der Waals surface area contributed by atoms with Gasteiger partial charge in [-0.1, -0.05) is 12.1 Å². The van der Waals surface area contributed by atoms with E-state index in [9.17, 15) is 0 Å². The summed E-state index contributed by atoms with van der Waals surface area (Å²) in [5.74, 6) is 1.28. The summed E-state index contributed by atoms with van der Waals surface area (Å²) < 4.78 is 0. The van der Waals surface area contributed by atoms with E-state index in [1.165, 1.54) is 19.4 Å². The molecule has 1 aliphatic rings. The molecule has 1 unspecified atom stereocenters. The highest BCUT2D eigenvalue weighted by Crippen LogP contribution is 2.18. The van der Waals surface area contributed by atoms with Crippen LogP contribution in [-0.2, 0) is 0 Å². The van der Waals surface area contributed by atoms with Gasteiger partial charge < -0.3 is 20.7 Å². The molecule has 5 nitrogen and oxygen atoms in total. The highest BCUT2D eigenvalue weighted by Gasteiger charge is 2.21. The van der Waals surface area contributed by atoms with Gasteiger partial charge >= 0.3 is 0 Å². The van der Waals surface area contributed by atoms with Crippen molar-refractivity contribution >= 4 is 5.84 Å². The largest absolute Gasteiger partial charge is 0.409 e. The van der Waals surface area contributed by atoms with E-state index in [2.05, 4.69) is 29.1 Å². The van der Waals surface area contributed by atoms with E-state index in [0.29, 0.717) is 5.84 Å². The normalized spacial score (nSPS) is 22.0. The topological polar surface area (TPSA) is 65.1 Å². The molecule has 1 fully saturated rings. The molecule has 1 aliphatic heterocycles. The summed E-state index contributed by atoms with van der Waals surface area (Å²) in [4.78, 5) is 4.67.